The van der Waals surface area contributed by atoms with Gasteiger partial charge in [-0.05, 0) is 47.2 Å². The Kier molecular flexibility index (Phi) is 5.46. The van der Waals surface area contributed by atoms with Crippen LogP contribution in [-0.4, -0.2) is 17.4 Å². The molecule has 1 amide bonds. The SMILES string of the molecule is CC(C)CC(C(=O)NCC#N)c1cccc(-c2cc(N)c3[nH]ccc3c2)c1. The number of carbonyl (C=O) groups excluding carboxylic acids is 1. The first-order chi connectivity index (χ1) is 13.0. The van der Waals surface area contributed by atoms with Crippen molar-refractivity contribution in [2.45, 2.75) is 26.2 Å². The van der Waals surface area contributed by atoms with Gasteiger partial charge < -0.3 is 16.0 Å². The molecule has 5 nitrogen and oxygen atoms in total. The second-order valence-electron chi connectivity index (χ2n) is 7.19. The van der Waals surface area contributed by atoms with Crippen LogP contribution in [0.2, 0.25) is 0 Å². The van der Waals surface area contributed by atoms with Gasteiger partial charge in [0.25, 0.3) is 0 Å². The van der Waals surface area contributed by atoms with Crippen LogP contribution in [0.4, 0.5) is 5.69 Å². The number of fused-ring (bicyclic) bond motifs is 1. The molecule has 0 aliphatic heterocycles. The minimum Gasteiger partial charge on any atom is -0.397 e. The van der Waals surface area contributed by atoms with Crippen molar-refractivity contribution in [2.24, 2.45) is 5.92 Å². The molecule has 1 unspecified atom stereocenters. The first-order valence-electron chi connectivity index (χ1n) is 9.11. The number of rotatable bonds is 6. The molecule has 138 valence electrons. The average Bonchev–Trinajstić information content (AvgIpc) is 3.13. The van der Waals surface area contributed by atoms with E-state index in [-0.39, 0.29) is 18.4 Å². The van der Waals surface area contributed by atoms with Crippen LogP contribution in [0.5, 0.6) is 0 Å². The number of nitrogens with zero attached hydrogens (tertiary/aromatic N) is 1. The predicted molar refractivity (Wildman–Crippen MR) is 109 cm³/mol. The minimum absolute atomic E-state index is 0.0216. The smallest absolute Gasteiger partial charge is 0.228 e. The number of amides is 1. The van der Waals surface area contributed by atoms with Crippen molar-refractivity contribution in [3.63, 3.8) is 0 Å². The number of aromatic nitrogens is 1. The molecule has 0 aliphatic carbocycles. The van der Waals surface area contributed by atoms with Gasteiger partial charge >= 0.3 is 0 Å². The molecule has 1 aromatic heterocycles. The fourth-order valence-corrected chi connectivity index (χ4v) is 3.42. The molecule has 4 N–H and O–H groups in total. The lowest BCUT2D eigenvalue weighted by Crippen LogP contribution is -2.30. The van der Waals surface area contributed by atoms with Crippen LogP contribution in [0, 0.1) is 17.2 Å². The number of anilines is 1. The molecule has 0 aliphatic rings. The van der Waals surface area contributed by atoms with Gasteiger partial charge in [0.15, 0.2) is 0 Å². The molecule has 0 fully saturated rings. The molecule has 0 radical (unpaired) electrons. The number of nitrogens with two attached hydrogens (primary N) is 1. The summed E-state index contributed by atoms with van der Waals surface area (Å²) >= 11 is 0. The highest BCUT2D eigenvalue weighted by molar-refractivity contribution is 5.94. The van der Waals surface area contributed by atoms with Gasteiger partial charge in [-0.1, -0.05) is 38.1 Å². The van der Waals surface area contributed by atoms with Crippen molar-refractivity contribution in [3.05, 3.63) is 54.2 Å². The Labute approximate surface area is 159 Å². The maximum absolute atomic E-state index is 12.6. The molecule has 0 saturated carbocycles. The summed E-state index contributed by atoms with van der Waals surface area (Å²) in [5.74, 6) is -0.0343. The summed E-state index contributed by atoms with van der Waals surface area (Å²) in [7, 11) is 0. The summed E-state index contributed by atoms with van der Waals surface area (Å²) < 4.78 is 0. The summed E-state index contributed by atoms with van der Waals surface area (Å²) in [5, 5.41) is 12.5. The Morgan fingerprint density at radius 1 is 1.22 bits per heavy atom. The quantitative estimate of drug-likeness (QED) is 0.454. The summed E-state index contributed by atoms with van der Waals surface area (Å²) in [5.41, 5.74) is 10.8. The van der Waals surface area contributed by atoms with Crippen molar-refractivity contribution >= 4 is 22.5 Å². The number of nitrogen functional groups attached to an aromatic ring is 1. The van der Waals surface area contributed by atoms with E-state index in [0.29, 0.717) is 11.6 Å². The van der Waals surface area contributed by atoms with Gasteiger partial charge in [-0.25, -0.2) is 0 Å². The van der Waals surface area contributed by atoms with Crippen LogP contribution in [0.15, 0.2) is 48.7 Å². The van der Waals surface area contributed by atoms with E-state index < -0.39 is 0 Å². The van der Waals surface area contributed by atoms with Crippen LogP contribution in [-0.2, 0) is 4.79 Å². The molecule has 0 bridgehead atoms. The molecule has 27 heavy (non-hydrogen) atoms. The maximum atomic E-state index is 12.6. The van der Waals surface area contributed by atoms with Crippen LogP contribution in [0.1, 0.15) is 31.7 Å². The molecule has 3 rings (SSSR count). The van der Waals surface area contributed by atoms with Crippen LogP contribution >= 0.6 is 0 Å². The summed E-state index contributed by atoms with van der Waals surface area (Å²) in [4.78, 5) is 15.7. The van der Waals surface area contributed by atoms with E-state index in [1.165, 1.54) is 0 Å². The number of carbonyl (C=O) groups is 1. The van der Waals surface area contributed by atoms with Gasteiger partial charge in [-0.3, -0.25) is 4.79 Å². The van der Waals surface area contributed by atoms with Crippen LogP contribution in [0.3, 0.4) is 0 Å². The highest BCUT2D eigenvalue weighted by Gasteiger charge is 2.22. The largest absolute Gasteiger partial charge is 0.397 e. The van der Waals surface area contributed by atoms with E-state index in [2.05, 4.69) is 30.2 Å². The number of hydrogen-bond acceptors (Lipinski definition) is 3. The molecule has 2 aromatic carbocycles. The van der Waals surface area contributed by atoms with Crippen LogP contribution < -0.4 is 11.1 Å². The number of nitrogens with one attached hydrogen (secondary N) is 2. The Hall–Kier alpha value is -3.26. The fraction of sp³-hybridized carbons (Fsp3) is 0.273. The summed E-state index contributed by atoms with van der Waals surface area (Å²) in [6, 6.07) is 16.0. The molecule has 1 atom stereocenters. The van der Waals surface area contributed by atoms with Crippen LogP contribution in [0.25, 0.3) is 22.0 Å². The lowest BCUT2D eigenvalue weighted by atomic mass is 9.87. The molecule has 0 saturated heterocycles. The molecule has 0 spiro atoms. The van der Waals surface area contributed by atoms with Crippen molar-refractivity contribution in [2.75, 3.05) is 12.3 Å². The second-order valence-corrected chi connectivity index (χ2v) is 7.19. The minimum atomic E-state index is -0.286. The average molecular weight is 360 g/mol. The van der Waals surface area contributed by atoms with Gasteiger partial charge in [0.2, 0.25) is 5.91 Å². The highest BCUT2D eigenvalue weighted by atomic mass is 16.1. The van der Waals surface area contributed by atoms with Gasteiger partial charge in [0, 0.05) is 11.6 Å². The van der Waals surface area contributed by atoms with Crippen molar-refractivity contribution in [1.82, 2.24) is 10.3 Å². The van der Waals surface area contributed by atoms with Crippen molar-refractivity contribution < 1.29 is 4.79 Å². The van der Waals surface area contributed by atoms with Gasteiger partial charge in [0.1, 0.15) is 6.54 Å². The molecular weight excluding hydrogens is 336 g/mol. The monoisotopic (exact) mass is 360 g/mol. The number of hydrogen-bond donors (Lipinski definition) is 3. The highest BCUT2D eigenvalue weighted by Crippen LogP contribution is 2.32. The third kappa shape index (κ3) is 4.12. The first-order valence-corrected chi connectivity index (χ1v) is 9.11. The Balaban J connectivity index is 1.98. The third-order valence-electron chi connectivity index (χ3n) is 4.68. The normalized spacial score (nSPS) is 12.1. The number of benzene rings is 2. The standard InChI is InChI=1S/C22H24N4O/c1-14(2)10-19(22(27)26-9-7-23)16-5-3-4-15(11-16)18-12-17-6-8-25-21(17)20(24)13-18/h3-6,8,11-14,19,25H,9-10,24H2,1-2H3,(H,26,27). The number of aromatic amines is 1. The topological polar surface area (TPSA) is 94.7 Å². The zero-order valence-electron chi connectivity index (χ0n) is 15.6. The first kappa shape index (κ1) is 18.5. The Morgan fingerprint density at radius 3 is 2.78 bits per heavy atom. The zero-order valence-corrected chi connectivity index (χ0v) is 15.6. The van der Waals surface area contributed by atoms with E-state index in [1.54, 1.807) is 0 Å². The van der Waals surface area contributed by atoms with Gasteiger partial charge in [0.05, 0.1) is 23.2 Å². The van der Waals surface area contributed by atoms with E-state index in [1.807, 2.05) is 48.7 Å². The summed E-state index contributed by atoms with van der Waals surface area (Å²) in [6.45, 7) is 4.21. The molecular formula is C22H24N4O. The summed E-state index contributed by atoms with van der Waals surface area (Å²) in [6.07, 6.45) is 2.60. The van der Waals surface area contributed by atoms with Gasteiger partial charge in [-0.2, -0.15) is 5.26 Å². The number of nitriles is 1. The lowest BCUT2D eigenvalue weighted by molar-refractivity contribution is -0.122. The Morgan fingerprint density at radius 2 is 2.04 bits per heavy atom. The zero-order chi connectivity index (χ0) is 19.4. The van der Waals surface area contributed by atoms with Crippen molar-refractivity contribution in [1.29, 1.82) is 5.26 Å². The third-order valence-corrected chi connectivity index (χ3v) is 4.68. The van der Waals surface area contributed by atoms with E-state index in [9.17, 15) is 4.79 Å². The molecule has 3 aromatic rings. The second kappa shape index (κ2) is 7.96. The van der Waals surface area contributed by atoms with Gasteiger partial charge in [-0.15, -0.1) is 0 Å². The molecule has 5 heteroatoms. The van der Waals surface area contributed by atoms with Crippen molar-refractivity contribution in [3.8, 4) is 17.2 Å². The lowest BCUT2D eigenvalue weighted by Gasteiger charge is -2.19. The predicted octanol–water partition coefficient (Wildman–Crippen LogP) is 4.19. The van der Waals surface area contributed by atoms with E-state index in [0.717, 1.165) is 34.0 Å². The van der Waals surface area contributed by atoms with E-state index in [4.69, 9.17) is 11.0 Å². The maximum Gasteiger partial charge on any atom is 0.228 e. The fourth-order valence-electron chi connectivity index (χ4n) is 3.42. The molecule has 1 heterocycles. The van der Waals surface area contributed by atoms with E-state index >= 15 is 0 Å². The number of H-pyrrole nitrogens is 1. The Bertz CT molecular complexity index is 997.